The van der Waals surface area contributed by atoms with Crippen molar-refractivity contribution in [3.8, 4) is 11.5 Å². The van der Waals surface area contributed by atoms with Crippen LogP contribution in [0.4, 0.5) is 4.39 Å². The van der Waals surface area contributed by atoms with Crippen molar-refractivity contribution in [2.45, 2.75) is 11.0 Å². The van der Waals surface area contributed by atoms with Crippen LogP contribution in [0.5, 0.6) is 11.5 Å². The number of carbonyl (C=O) groups is 1. The summed E-state index contributed by atoms with van der Waals surface area (Å²) in [6.45, 7) is -0.0341. The number of halogens is 1. The van der Waals surface area contributed by atoms with Crippen LogP contribution < -0.4 is 14.8 Å². The Morgan fingerprint density at radius 2 is 1.80 bits per heavy atom. The lowest BCUT2D eigenvalue weighted by Gasteiger charge is -2.25. The quantitative estimate of drug-likeness (QED) is 0.813. The van der Waals surface area contributed by atoms with E-state index >= 15 is 0 Å². The van der Waals surface area contributed by atoms with Gasteiger partial charge < -0.3 is 14.8 Å². The van der Waals surface area contributed by atoms with Crippen molar-refractivity contribution in [1.29, 1.82) is 0 Å². The molecule has 6 nitrogen and oxygen atoms in total. The summed E-state index contributed by atoms with van der Waals surface area (Å²) in [6.07, 6.45) is -0.844. The third-order valence-corrected chi connectivity index (χ3v) is 5.38. The molecular weight excluding hydrogens is 349 g/mol. The number of benzene rings is 2. The molecular formula is C17H16FNO5S. The van der Waals surface area contributed by atoms with Crippen LogP contribution in [-0.4, -0.2) is 39.3 Å². The zero-order valence-electron chi connectivity index (χ0n) is 13.1. The number of fused-ring (bicyclic) bond motifs is 1. The molecule has 2 aromatic rings. The van der Waals surface area contributed by atoms with Gasteiger partial charge in [0.1, 0.15) is 12.4 Å². The van der Waals surface area contributed by atoms with Gasteiger partial charge in [-0.1, -0.05) is 12.1 Å². The molecule has 0 fully saturated rings. The molecule has 0 saturated carbocycles. The lowest BCUT2D eigenvalue weighted by molar-refractivity contribution is -0.130. The van der Waals surface area contributed by atoms with Gasteiger partial charge in [0.15, 0.2) is 21.3 Å². The van der Waals surface area contributed by atoms with E-state index in [1.807, 2.05) is 0 Å². The van der Waals surface area contributed by atoms with E-state index in [9.17, 15) is 17.6 Å². The summed E-state index contributed by atoms with van der Waals surface area (Å²) in [5, 5.41) is 2.52. The summed E-state index contributed by atoms with van der Waals surface area (Å²) in [5.41, 5.74) is 0. The number of para-hydroxylation sites is 2. The minimum absolute atomic E-state index is 0.00864. The first kappa shape index (κ1) is 17.2. The smallest absolute Gasteiger partial charge is 0.264 e. The highest BCUT2D eigenvalue weighted by Gasteiger charge is 2.27. The van der Waals surface area contributed by atoms with Crippen molar-refractivity contribution in [1.82, 2.24) is 5.32 Å². The van der Waals surface area contributed by atoms with Gasteiger partial charge in [-0.3, -0.25) is 4.79 Å². The van der Waals surface area contributed by atoms with Crippen molar-refractivity contribution in [2.24, 2.45) is 0 Å². The second kappa shape index (κ2) is 7.10. The molecule has 0 bridgehead atoms. The van der Waals surface area contributed by atoms with Gasteiger partial charge in [0.05, 0.1) is 10.6 Å². The topological polar surface area (TPSA) is 81.7 Å². The predicted molar refractivity (Wildman–Crippen MR) is 87.8 cm³/mol. The minimum atomic E-state index is -3.61. The molecule has 132 valence electrons. The molecule has 0 spiro atoms. The third-order valence-electron chi connectivity index (χ3n) is 3.64. The summed E-state index contributed by atoms with van der Waals surface area (Å²) in [5.74, 6) is -0.238. The molecule has 0 aromatic heterocycles. The summed E-state index contributed by atoms with van der Waals surface area (Å²) in [7, 11) is -3.61. The maximum Gasteiger partial charge on any atom is 0.264 e. The SMILES string of the molecule is O=C(NCCS(=O)(=O)c1ccc(F)cc1)[C@H]1COc2ccccc2O1. The van der Waals surface area contributed by atoms with Crippen molar-refractivity contribution < 1.29 is 27.1 Å². The zero-order chi connectivity index (χ0) is 17.9. The third kappa shape index (κ3) is 4.08. The molecule has 1 aliphatic rings. The molecule has 0 unspecified atom stereocenters. The molecule has 0 radical (unpaired) electrons. The largest absolute Gasteiger partial charge is 0.485 e. The molecule has 0 saturated heterocycles. The maximum atomic E-state index is 12.9. The molecule has 3 rings (SSSR count). The Bertz CT molecular complexity index is 867. The van der Waals surface area contributed by atoms with E-state index in [-0.39, 0.29) is 23.8 Å². The Morgan fingerprint density at radius 3 is 2.52 bits per heavy atom. The van der Waals surface area contributed by atoms with Crippen molar-refractivity contribution >= 4 is 15.7 Å². The average molecular weight is 365 g/mol. The van der Waals surface area contributed by atoms with E-state index in [0.717, 1.165) is 12.1 Å². The van der Waals surface area contributed by atoms with Gasteiger partial charge in [0.2, 0.25) is 6.10 Å². The van der Waals surface area contributed by atoms with Crippen molar-refractivity contribution in [3.63, 3.8) is 0 Å². The van der Waals surface area contributed by atoms with Crippen LogP contribution in [0.2, 0.25) is 0 Å². The zero-order valence-corrected chi connectivity index (χ0v) is 14.0. The highest BCUT2D eigenvalue weighted by Crippen LogP contribution is 2.30. The second-order valence-corrected chi connectivity index (χ2v) is 7.54. The number of amides is 1. The standard InChI is InChI=1S/C17H16FNO5S/c18-12-5-7-13(8-6-12)25(21,22)10-9-19-17(20)16-11-23-14-3-1-2-4-15(14)24-16/h1-8,16H,9-11H2,(H,19,20)/t16-/m1/s1. The van der Waals surface area contributed by atoms with Crippen molar-refractivity contribution in [3.05, 3.63) is 54.3 Å². The second-order valence-electron chi connectivity index (χ2n) is 5.43. The number of rotatable bonds is 5. The highest BCUT2D eigenvalue weighted by molar-refractivity contribution is 7.91. The first-order valence-corrected chi connectivity index (χ1v) is 9.25. The van der Waals surface area contributed by atoms with Crippen LogP contribution >= 0.6 is 0 Å². The van der Waals surface area contributed by atoms with E-state index in [0.29, 0.717) is 11.5 Å². The molecule has 0 aliphatic carbocycles. The van der Waals surface area contributed by atoms with E-state index in [2.05, 4.69) is 5.32 Å². The lowest BCUT2D eigenvalue weighted by Crippen LogP contribution is -2.45. The lowest BCUT2D eigenvalue weighted by atomic mass is 10.2. The maximum absolute atomic E-state index is 12.9. The van der Waals surface area contributed by atoms with Gasteiger partial charge in [-0.25, -0.2) is 12.8 Å². The predicted octanol–water partition coefficient (Wildman–Crippen LogP) is 1.56. The summed E-state index contributed by atoms with van der Waals surface area (Å²) >= 11 is 0. The Kier molecular flexibility index (Phi) is 4.89. The molecule has 1 N–H and O–H groups in total. The fourth-order valence-electron chi connectivity index (χ4n) is 2.33. The molecule has 8 heteroatoms. The van der Waals surface area contributed by atoms with Crippen LogP contribution in [0.3, 0.4) is 0 Å². The van der Waals surface area contributed by atoms with Crippen LogP contribution in [0, 0.1) is 5.82 Å². The van der Waals surface area contributed by atoms with E-state index in [1.54, 1.807) is 24.3 Å². The minimum Gasteiger partial charge on any atom is -0.485 e. The molecule has 1 atom stereocenters. The number of ether oxygens (including phenoxy) is 2. The number of nitrogens with one attached hydrogen (secondary N) is 1. The monoisotopic (exact) mass is 365 g/mol. The van der Waals surface area contributed by atoms with Gasteiger partial charge in [-0.15, -0.1) is 0 Å². The molecule has 25 heavy (non-hydrogen) atoms. The van der Waals surface area contributed by atoms with Crippen molar-refractivity contribution in [2.75, 3.05) is 18.9 Å². The van der Waals surface area contributed by atoms with Crippen LogP contribution in [0.15, 0.2) is 53.4 Å². The Labute approximate surface area is 144 Å². The van der Waals surface area contributed by atoms with Gasteiger partial charge >= 0.3 is 0 Å². The number of hydrogen-bond acceptors (Lipinski definition) is 5. The number of hydrogen-bond donors (Lipinski definition) is 1. The average Bonchev–Trinajstić information content (AvgIpc) is 2.61. The summed E-state index contributed by atoms with van der Waals surface area (Å²) < 4.78 is 48.1. The Balaban J connectivity index is 1.54. The van der Waals surface area contributed by atoms with E-state index < -0.39 is 27.7 Å². The molecule has 1 aliphatic heterocycles. The van der Waals surface area contributed by atoms with Crippen LogP contribution in [0.25, 0.3) is 0 Å². The summed E-state index contributed by atoms with van der Waals surface area (Å²) in [6, 6.07) is 11.5. The molecule has 1 amide bonds. The first-order chi connectivity index (χ1) is 12.0. The van der Waals surface area contributed by atoms with Gasteiger partial charge in [-0.05, 0) is 36.4 Å². The summed E-state index contributed by atoms with van der Waals surface area (Å²) in [4.78, 5) is 12.1. The molecule has 1 heterocycles. The Morgan fingerprint density at radius 1 is 1.12 bits per heavy atom. The number of carbonyl (C=O) groups excluding carboxylic acids is 1. The molecule has 2 aromatic carbocycles. The van der Waals surface area contributed by atoms with Gasteiger partial charge in [-0.2, -0.15) is 0 Å². The fourth-order valence-corrected chi connectivity index (χ4v) is 3.49. The first-order valence-electron chi connectivity index (χ1n) is 7.60. The van der Waals surface area contributed by atoms with Crippen LogP contribution in [0.1, 0.15) is 0 Å². The fraction of sp³-hybridized carbons (Fsp3) is 0.235. The van der Waals surface area contributed by atoms with E-state index in [4.69, 9.17) is 9.47 Å². The van der Waals surface area contributed by atoms with Crippen LogP contribution in [-0.2, 0) is 14.6 Å². The number of sulfone groups is 1. The highest BCUT2D eigenvalue weighted by atomic mass is 32.2. The van der Waals surface area contributed by atoms with Gasteiger partial charge in [0.25, 0.3) is 5.91 Å². The normalized spacial score (nSPS) is 16.3. The Hall–Kier alpha value is -2.61. The van der Waals surface area contributed by atoms with Gasteiger partial charge in [0, 0.05) is 6.54 Å². The van der Waals surface area contributed by atoms with E-state index in [1.165, 1.54) is 12.1 Å².